The van der Waals surface area contributed by atoms with E-state index in [2.05, 4.69) is 61.4 Å². The summed E-state index contributed by atoms with van der Waals surface area (Å²) in [5, 5.41) is 4.03. The molecule has 0 atom stereocenters. The maximum Gasteiger partial charge on any atom is 0.209 e. The van der Waals surface area contributed by atoms with Crippen LogP contribution in [0.25, 0.3) is 22.3 Å². The van der Waals surface area contributed by atoms with Crippen molar-refractivity contribution in [3.8, 4) is 23.0 Å². The van der Waals surface area contributed by atoms with Gasteiger partial charge in [0, 0.05) is 17.1 Å². The van der Waals surface area contributed by atoms with Crippen LogP contribution in [-0.4, -0.2) is 19.9 Å². The summed E-state index contributed by atoms with van der Waals surface area (Å²) >= 11 is 6.09. The Morgan fingerprint density at radius 3 is 2.47 bits per heavy atom. The van der Waals surface area contributed by atoms with Gasteiger partial charge in [-0.25, -0.2) is 9.97 Å². The molecule has 0 amide bonds. The molecule has 32 heavy (non-hydrogen) atoms. The molecule has 0 saturated carbocycles. The Morgan fingerprint density at radius 2 is 1.66 bits per heavy atom. The minimum atomic E-state index is 0.408. The maximum atomic E-state index is 6.09. The Balaban J connectivity index is 1.39. The fraction of sp³-hybridized carbons (Fsp3) is 0.0385. The summed E-state index contributed by atoms with van der Waals surface area (Å²) in [4.78, 5) is 16.4. The van der Waals surface area contributed by atoms with Crippen LogP contribution in [0.15, 0.2) is 85.2 Å². The molecule has 2 N–H and O–H groups in total. The molecule has 0 bridgehead atoms. The predicted octanol–water partition coefficient (Wildman–Crippen LogP) is 5.69. The quantitative estimate of drug-likeness (QED) is 0.356. The van der Waals surface area contributed by atoms with Crippen molar-refractivity contribution in [3.63, 3.8) is 0 Å². The predicted molar refractivity (Wildman–Crippen MR) is 128 cm³/mol. The highest BCUT2D eigenvalue weighted by Crippen LogP contribution is 2.20. The SMILES string of the molecule is Clc1cccc(CNc2nc(C#Cc3ccc(-c4ccccc4)cc3)nc3nc[nH]c23)c1. The normalized spacial score (nSPS) is 10.5. The summed E-state index contributed by atoms with van der Waals surface area (Å²) in [6, 6.07) is 26.1. The number of benzene rings is 3. The van der Waals surface area contributed by atoms with Crippen LogP contribution in [0.1, 0.15) is 17.0 Å². The Bertz CT molecular complexity index is 1430. The lowest BCUT2D eigenvalue weighted by Gasteiger charge is -2.07. The molecule has 0 aliphatic carbocycles. The molecule has 0 spiro atoms. The monoisotopic (exact) mass is 435 g/mol. The summed E-state index contributed by atoms with van der Waals surface area (Å²) in [6.45, 7) is 0.569. The molecule has 154 valence electrons. The third-order valence-electron chi connectivity index (χ3n) is 4.95. The van der Waals surface area contributed by atoms with E-state index in [4.69, 9.17) is 11.6 Å². The van der Waals surface area contributed by atoms with Crippen LogP contribution < -0.4 is 5.32 Å². The van der Waals surface area contributed by atoms with Gasteiger partial charge in [-0.2, -0.15) is 4.98 Å². The summed E-state index contributed by atoms with van der Waals surface area (Å²) in [5.41, 5.74) is 5.58. The highest BCUT2D eigenvalue weighted by atomic mass is 35.5. The van der Waals surface area contributed by atoms with Gasteiger partial charge in [-0.15, -0.1) is 0 Å². The molecule has 5 aromatic rings. The van der Waals surface area contributed by atoms with Crippen LogP contribution in [0.2, 0.25) is 5.02 Å². The smallest absolute Gasteiger partial charge is 0.209 e. The molecule has 2 heterocycles. The number of aromatic nitrogens is 4. The number of rotatable bonds is 4. The van der Waals surface area contributed by atoms with Crippen molar-refractivity contribution in [2.45, 2.75) is 6.54 Å². The number of nitrogens with zero attached hydrogens (tertiary/aromatic N) is 3. The lowest BCUT2D eigenvalue weighted by Crippen LogP contribution is -2.04. The third kappa shape index (κ3) is 4.46. The fourth-order valence-electron chi connectivity index (χ4n) is 3.35. The van der Waals surface area contributed by atoms with Gasteiger partial charge in [0.2, 0.25) is 5.82 Å². The molecule has 5 rings (SSSR count). The molecule has 6 heteroatoms. The van der Waals surface area contributed by atoms with E-state index < -0.39 is 0 Å². The first-order chi connectivity index (χ1) is 15.7. The minimum Gasteiger partial charge on any atom is -0.364 e. The summed E-state index contributed by atoms with van der Waals surface area (Å²) in [6.07, 6.45) is 1.60. The van der Waals surface area contributed by atoms with Gasteiger partial charge in [0.25, 0.3) is 0 Å². The third-order valence-corrected chi connectivity index (χ3v) is 5.18. The van der Waals surface area contributed by atoms with Crippen molar-refractivity contribution in [1.82, 2.24) is 19.9 Å². The number of aromatic amines is 1. The summed E-state index contributed by atoms with van der Waals surface area (Å²) < 4.78 is 0. The Labute approximate surface area is 190 Å². The van der Waals surface area contributed by atoms with Gasteiger partial charge in [0.15, 0.2) is 11.5 Å². The second-order valence-corrected chi connectivity index (χ2v) is 7.61. The number of imidazole rings is 1. The lowest BCUT2D eigenvalue weighted by molar-refractivity contribution is 1.08. The van der Waals surface area contributed by atoms with Crippen LogP contribution in [0, 0.1) is 11.8 Å². The fourth-order valence-corrected chi connectivity index (χ4v) is 3.57. The zero-order valence-corrected chi connectivity index (χ0v) is 17.8. The van der Waals surface area contributed by atoms with Crippen LogP contribution in [0.5, 0.6) is 0 Å². The first kappa shape index (κ1) is 19.8. The number of hydrogen-bond acceptors (Lipinski definition) is 4. The van der Waals surface area contributed by atoms with Crippen molar-refractivity contribution in [2.75, 3.05) is 5.32 Å². The van der Waals surface area contributed by atoms with E-state index in [0.29, 0.717) is 28.9 Å². The molecule has 0 radical (unpaired) electrons. The molecular weight excluding hydrogens is 418 g/mol. The van der Waals surface area contributed by atoms with Gasteiger partial charge >= 0.3 is 0 Å². The number of H-pyrrole nitrogens is 1. The van der Waals surface area contributed by atoms with Crippen molar-refractivity contribution in [2.24, 2.45) is 0 Å². The van der Waals surface area contributed by atoms with Gasteiger partial charge in [0.05, 0.1) is 6.33 Å². The van der Waals surface area contributed by atoms with E-state index in [-0.39, 0.29) is 0 Å². The maximum absolute atomic E-state index is 6.09. The van der Waals surface area contributed by atoms with Gasteiger partial charge in [-0.05, 0) is 46.9 Å². The average Bonchev–Trinajstić information content (AvgIpc) is 3.31. The molecule has 0 saturated heterocycles. The van der Waals surface area contributed by atoms with Crippen molar-refractivity contribution in [3.05, 3.63) is 107 Å². The standard InChI is InChI=1S/C26H18ClN5/c27-22-8-4-5-19(15-22)16-28-25-24-26(30-17-29-24)32-23(31-25)14-11-18-9-12-21(13-10-18)20-6-2-1-3-7-20/h1-10,12-13,15,17H,16H2,(H2,28,29,30,31,32). The summed E-state index contributed by atoms with van der Waals surface area (Å²) in [7, 11) is 0. The largest absolute Gasteiger partial charge is 0.364 e. The number of anilines is 1. The topological polar surface area (TPSA) is 66.5 Å². The van der Waals surface area contributed by atoms with Crippen LogP contribution in [0.3, 0.4) is 0 Å². The molecule has 0 aliphatic heterocycles. The Kier molecular flexibility index (Phi) is 5.52. The van der Waals surface area contributed by atoms with Crippen molar-refractivity contribution in [1.29, 1.82) is 0 Å². The Hall–Kier alpha value is -4.14. The van der Waals surface area contributed by atoms with Crippen molar-refractivity contribution < 1.29 is 0 Å². The number of nitrogens with one attached hydrogen (secondary N) is 2. The van der Waals surface area contributed by atoms with E-state index in [1.165, 1.54) is 5.56 Å². The number of halogens is 1. The number of fused-ring (bicyclic) bond motifs is 1. The van der Waals surface area contributed by atoms with Crippen molar-refractivity contribution >= 4 is 28.6 Å². The second kappa shape index (κ2) is 8.93. The van der Waals surface area contributed by atoms with Crippen LogP contribution >= 0.6 is 11.6 Å². The highest BCUT2D eigenvalue weighted by molar-refractivity contribution is 6.30. The molecule has 3 aromatic carbocycles. The molecule has 2 aromatic heterocycles. The number of hydrogen-bond donors (Lipinski definition) is 2. The molecule has 0 unspecified atom stereocenters. The first-order valence-electron chi connectivity index (χ1n) is 10.1. The van der Waals surface area contributed by atoms with Gasteiger partial charge < -0.3 is 10.3 Å². The Morgan fingerprint density at radius 1 is 0.844 bits per heavy atom. The van der Waals surface area contributed by atoms with Crippen LogP contribution in [-0.2, 0) is 6.54 Å². The molecule has 0 fully saturated rings. The van der Waals surface area contributed by atoms with Gasteiger partial charge in [0.1, 0.15) is 5.52 Å². The zero-order valence-electron chi connectivity index (χ0n) is 17.0. The minimum absolute atomic E-state index is 0.408. The van der Waals surface area contributed by atoms with Crippen LogP contribution in [0.4, 0.5) is 5.82 Å². The molecule has 5 nitrogen and oxygen atoms in total. The van der Waals surface area contributed by atoms with E-state index in [1.54, 1.807) is 6.33 Å². The lowest BCUT2D eigenvalue weighted by atomic mass is 10.0. The van der Waals surface area contributed by atoms with E-state index in [0.717, 1.165) is 22.2 Å². The van der Waals surface area contributed by atoms with E-state index in [1.807, 2.05) is 54.6 Å². The highest BCUT2D eigenvalue weighted by Gasteiger charge is 2.09. The molecule has 0 aliphatic rings. The van der Waals surface area contributed by atoms with Gasteiger partial charge in [-0.3, -0.25) is 0 Å². The summed E-state index contributed by atoms with van der Waals surface area (Å²) in [5.74, 6) is 7.27. The first-order valence-corrected chi connectivity index (χ1v) is 10.5. The second-order valence-electron chi connectivity index (χ2n) is 7.17. The van der Waals surface area contributed by atoms with E-state index in [9.17, 15) is 0 Å². The van der Waals surface area contributed by atoms with Gasteiger partial charge in [-0.1, -0.05) is 72.1 Å². The average molecular weight is 436 g/mol. The molecular formula is C26H18ClN5. The zero-order chi connectivity index (χ0) is 21.8. The van der Waals surface area contributed by atoms with E-state index >= 15 is 0 Å².